The first-order chi connectivity index (χ1) is 20.2. The van der Waals surface area contributed by atoms with Crippen LogP contribution in [0, 0.1) is 13.8 Å². The molecular weight excluding hydrogens is 659 g/mol. The van der Waals surface area contributed by atoms with Gasteiger partial charge >= 0.3 is 6.97 Å². The van der Waals surface area contributed by atoms with Crippen molar-refractivity contribution >= 4 is 61.8 Å². The predicted octanol–water partition coefficient (Wildman–Crippen LogP) is 9.83. The van der Waals surface area contributed by atoms with Gasteiger partial charge in [-0.05, 0) is 65.9 Å². The molecule has 8 heteroatoms. The summed E-state index contributed by atoms with van der Waals surface area (Å²) < 4.78 is 38.8. The lowest BCUT2D eigenvalue weighted by Crippen LogP contribution is -2.52. The van der Waals surface area contributed by atoms with Gasteiger partial charge in [0.1, 0.15) is 5.71 Å². The molecule has 0 bridgehead atoms. The van der Waals surface area contributed by atoms with Gasteiger partial charge in [0.25, 0.3) is 5.84 Å². The quantitative estimate of drug-likeness (QED) is 0.168. The molecule has 0 aliphatic carbocycles. The van der Waals surface area contributed by atoms with E-state index in [1.54, 1.807) is 6.08 Å². The van der Waals surface area contributed by atoms with E-state index in [4.69, 9.17) is 4.99 Å². The Hall–Kier alpha value is -3.88. The number of hydrogen-bond donors (Lipinski definition) is 0. The topological polar surface area (TPSA) is 20.3 Å². The summed E-state index contributed by atoms with van der Waals surface area (Å²) in [5.74, 6) is 0.480. The summed E-state index contributed by atoms with van der Waals surface area (Å²) in [5.41, 5.74) is 7.45. The van der Waals surface area contributed by atoms with Gasteiger partial charge in [0.05, 0.1) is 0 Å². The number of aromatic nitrogens is 1. The van der Waals surface area contributed by atoms with Gasteiger partial charge < -0.3 is 17.6 Å². The van der Waals surface area contributed by atoms with Gasteiger partial charge in [0.15, 0.2) is 0 Å². The van der Waals surface area contributed by atoms with Crippen LogP contribution in [0.4, 0.5) is 14.4 Å². The second-order valence-corrected chi connectivity index (χ2v) is 12.5. The molecule has 0 unspecified atom stereocenters. The highest BCUT2D eigenvalue weighted by Gasteiger charge is 2.52. The van der Waals surface area contributed by atoms with Crippen molar-refractivity contribution in [3.8, 4) is 22.4 Å². The van der Waals surface area contributed by atoms with Gasteiger partial charge in [-0.2, -0.15) is 0 Å². The van der Waals surface area contributed by atoms with Crippen molar-refractivity contribution in [2.24, 2.45) is 4.99 Å². The zero-order valence-electron chi connectivity index (χ0n) is 22.8. The molecule has 2 aliphatic heterocycles. The Morgan fingerprint density at radius 2 is 1.17 bits per heavy atom. The zero-order valence-corrected chi connectivity index (χ0v) is 26.0. The Morgan fingerprint density at radius 1 is 0.667 bits per heavy atom. The van der Waals surface area contributed by atoms with E-state index >= 15 is 8.63 Å². The standard InChI is InChI=1S/C34H24BBr2F2N3/c1-21-3-7-25(8-4-21)31-19-30(24-13-17-28(37)18-14-24)34-40-32-20-29(23-11-15-27(36)16-12-23)33(26-9-5-22(2)6-10-26)42(32)35(38,39)41(31)34/h3-20H,1-2H3. The molecule has 0 saturated carbocycles. The fourth-order valence-corrected chi connectivity index (χ4v) is 6.25. The Kier molecular flexibility index (Phi) is 6.52. The Labute approximate surface area is 259 Å². The van der Waals surface area contributed by atoms with Crippen LogP contribution in [0.25, 0.3) is 28.0 Å². The fourth-order valence-electron chi connectivity index (χ4n) is 5.72. The minimum absolute atomic E-state index is 0.230. The molecule has 42 heavy (non-hydrogen) atoms. The summed E-state index contributed by atoms with van der Waals surface area (Å²) in [7, 11) is 0. The minimum Gasteiger partial charge on any atom is -0.414 e. The number of benzene rings is 4. The summed E-state index contributed by atoms with van der Waals surface area (Å²) in [6.07, 6.45) is 1.79. The van der Waals surface area contributed by atoms with Crippen LogP contribution >= 0.6 is 31.9 Å². The molecule has 5 aromatic rings. The molecule has 2 aliphatic rings. The van der Waals surface area contributed by atoms with Gasteiger partial charge in [-0.3, -0.25) is 0 Å². The number of nitrogens with zero attached hydrogens (tertiary/aromatic N) is 3. The largest absolute Gasteiger partial charge is 0.642 e. The van der Waals surface area contributed by atoms with Crippen molar-refractivity contribution in [1.82, 2.24) is 4.48 Å². The molecule has 0 amide bonds. The Morgan fingerprint density at radius 3 is 1.74 bits per heavy atom. The number of halogens is 4. The fraction of sp³-hybridized carbons (Fsp3) is 0.0588. The zero-order chi connectivity index (χ0) is 29.2. The van der Waals surface area contributed by atoms with Crippen molar-refractivity contribution in [2.75, 3.05) is 0 Å². The number of rotatable bonds is 4. The summed E-state index contributed by atoms with van der Waals surface area (Å²) in [6, 6.07) is 32.7. The third kappa shape index (κ3) is 4.45. The molecule has 0 saturated heterocycles. The predicted molar refractivity (Wildman–Crippen MR) is 176 cm³/mol. The molecule has 0 spiro atoms. The highest BCUT2D eigenvalue weighted by Crippen LogP contribution is 2.45. The van der Waals surface area contributed by atoms with Gasteiger partial charge in [-0.25, -0.2) is 0 Å². The summed E-state index contributed by atoms with van der Waals surface area (Å²) >= 11 is 6.99. The monoisotopic (exact) mass is 681 g/mol. The second-order valence-electron chi connectivity index (χ2n) is 10.7. The number of allylic oxidation sites excluding steroid dienone is 1. The number of fused-ring (bicyclic) bond motifs is 2. The summed E-state index contributed by atoms with van der Waals surface area (Å²) in [5, 5.41) is 0. The average Bonchev–Trinajstić information content (AvgIpc) is 3.56. The van der Waals surface area contributed by atoms with E-state index in [-0.39, 0.29) is 11.7 Å². The number of aryl methyl sites for hydroxylation is 2. The molecule has 4 aromatic carbocycles. The van der Waals surface area contributed by atoms with Crippen LogP contribution in [-0.4, -0.2) is 27.5 Å². The first-order valence-corrected chi connectivity index (χ1v) is 15.2. The molecule has 3 heterocycles. The van der Waals surface area contributed by atoms with Crippen LogP contribution in [0.1, 0.15) is 22.3 Å². The Balaban J connectivity index is 1.54. The molecule has 0 N–H and O–H groups in total. The molecule has 0 radical (unpaired) electrons. The third-order valence-corrected chi connectivity index (χ3v) is 8.91. The smallest absolute Gasteiger partial charge is 0.414 e. The van der Waals surface area contributed by atoms with Crippen molar-refractivity contribution in [3.05, 3.63) is 140 Å². The van der Waals surface area contributed by atoms with Crippen LogP contribution in [0.3, 0.4) is 0 Å². The van der Waals surface area contributed by atoms with E-state index in [0.29, 0.717) is 33.7 Å². The maximum Gasteiger partial charge on any atom is 0.642 e. The van der Waals surface area contributed by atoms with E-state index in [2.05, 4.69) is 31.9 Å². The van der Waals surface area contributed by atoms with Gasteiger partial charge in [0.2, 0.25) is 5.82 Å². The third-order valence-electron chi connectivity index (χ3n) is 7.85. The summed E-state index contributed by atoms with van der Waals surface area (Å²) in [4.78, 5) is 4.98. The summed E-state index contributed by atoms with van der Waals surface area (Å²) in [6.45, 7) is -0.374. The maximum atomic E-state index is 17.3. The molecule has 0 atom stereocenters. The van der Waals surface area contributed by atoms with Gasteiger partial charge in [0, 0.05) is 37.4 Å². The lowest BCUT2D eigenvalue weighted by molar-refractivity contribution is -0.291. The molecule has 3 nitrogen and oxygen atoms in total. The van der Waals surface area contributed by atoms with Crippen LogP contribution in [0.5, 0.6) is 0 Å². The normalized spacial score (nSPS) is 15.3. The molecule has 7 rings (SSSR count). The number of aliphatic imine (C=N–C) groups is 1. The van der Waals surface area contributed by atoms with Crippen LogP contribution in [0.2, 0.25) is 0 Å². The van der Waals surface area contributed by atoms with Crippen molar-refractivity contribution in [3.63, 3.8) is 0 Å². The van der Waals surface area contributed by atoms with Crippen molar-refractivity contribution < 1.29 is 13.1 Å². The molecular formula is C34H24BBr2F2N3. The van der Waals surface area contributed by atoms with Crippen molar-refractivity contribution in [1.29, 1.82) is 0 Å². The Bertz CT molecular complexity index is 1950. The second kappa shape index (κ2) is 10.1. The van der Waals surface area contributed by atoms with Crippen molar-refractivity contribution in [2.45, 2.75) is 13.8 Å². The van der Waals surface area contributed by atoms with Crippen LogP contribution < -0.4 is 0 Å². The maximum absolute atomic E-state index is 17.3. The molecule has 0 fully saturated rings. The van der Waals surface area contributed by atoms with Gasteiger partial charge in [-0.15, -0.1) is 0 Å². The van der Waals surface area contributed by atoms with E-state index < -0.39 is 6.97 Å². The van der Waals surface area contributed by atoms with E-state index in [1.165, 1.54) is 0 Å². The van der Waals surface area contributed by atoms with Crippen LogP contribution in [0.15, 0.2) is 123 Å². The van der Waals surface area contributed by atoms with E-state index in [1.807, 2.05) is 117 Å². The van der Waals surface area contributed by atoms with E-state index in [9.17, 15) is 0 Å². The molecule has 1 aromatic heterocycles. The highest BCUT2D eigenvalue weighted by molar-refractivity contribution is 9.10. The van der Waals surface area contributed by atoms with Crippen LogP contribution in [-0.2, 0) is 0 Å². The van der Waals surface area contributed by atoms with Gasteiger partial charge in [-0.1, -0.05) is 116 Å². The highest BCUT2D eigenvalue weighted by atomic mass is 79.9. The lowest BCUT2D eigenvalue weighted by atomic mass is 9.90. The SMILES string of the molecule is Cc1ccc(C2=[N+]3C(=Nc4c(-c5ccc(Br)cc5)cc(-c5ccc(C)cc5)n4[B-]3(F)F)C=C2c2ccc(Br)cc2)cc1. The lowest BCUT2D eigenvalue weighted by Gasteiger charge is -2.32. The minimum atomic E-state index is -4.35. The first-order valence-electron chi connectivity index (χ1n) is 13.6. The number of amidine groups is 1. The first kappa shape index (κ1) is 27.0. The van der Waals surface area contributed by atoms with E-state index in [0.717, 1.165) is 40.2 Å². The number of hydrogen-bond acceptors (Lipinski definition) is 1. The average molecular weight is 683 g/mol. The molecule has 206 valence electrons.